The molecule has 2 aliphatic carbocycles. The largest absolute Gasteiger partial charge is 0.466 e. The van der Waals surface area contributed by atoms with Crippen molar-refractivity contribution in [3.63, 3.8) is 0 Å². The van der Waals surface area contributed by atoms with Crippen LogP contribution < -0.4 is 0 Å². The average molecular weight is 182 g/mol. The van der Waals surface area contributed by atoms with Crippen molar-refractivity contribution in [1.29, 1.82) is 0 Å². The third kappa shape index (κ3) is 1.72. The van der Waals surface area contributed by atoms with Crippen LogP contribution in [0.2, 0.25) is 0 Å². The lowest BCUT2D eigenvalue weighted by Gasteiger charge is -2.24. The molecule has 0 aromatic rings. The van der Waals surface area contributed by atoms with Crippen molar-refractivity contribution in [2.75, 3.05) is 6.61 Å². The number of ether oxygens (including phenoxy) is 1. The Kier molecular flexibility index (Phi) is 2.31. The van der Waals surface area contributed by atoms with Crippen molar-refractivity contribution >= 4 is 5.97 Å². The molecule has 0 atom stereocenters. The number of carbonyl (C=O) groups is 1. The van der Waals surface area contributed by atoms with Crippen LogP contribution in [0, 0.1) is 11.3 Å². The van der Waals surface area contributed by atoms with Gasteiger partial charge in [-0.25, -0.2) is 0 Å². The van der Waals surface area contributed by atoms with E-state index < -0.39 is 0 Å². The number of hydrogen-bond donors (Lipinski definition) is 0. The Labute approximate surface area is 79.7 Å². The molecule has 0 heterocycles. The predicted molar refractivity (Wildman–Crippen MR) is 50.3 cm³/mol. The van der Waals surface area contributed by atoms with Crippen molar-refractivity contribution in [2.45, 2.75) is 45.4 Å². The zero-order valence-electron chi connectivity index (χ0n) is 8.34. The van der Waals surface area contributed by atoms with E-state index in [9.17, 15) is 4.79 Å². The summed E-state index contributed by atoms with van der Waals surface area (Å²) in [6, 6.07) is 0. The number of fused-ring (bicyclic) bond motifs is 2. The highest BCUT2D eigenvalue weighted by atomic mass is 16.5. The topological polar surface area (TPSA) is 26.3 Å². The third-order valence-electron chi connectivity index (χ3n) is 3.71. The van der Waals surface area contributed by atoms with Gasteiger partial charge in [-0.1, -0.05) is 0 Å². The highest BCUT2D eigenvalue weighted by molar-refractivity contribution is 5.70. The van der Waals surface area contributed by atoms with Gasteiger partial charge in [-0.3, -0.25) is 4.79 Å². The van der Waals surface area contributed by atoms with E-state index in [1.54, 1.807) is 0 Å². The van der Waals surface area contributed by atoms with E-state index in [-0.39, 0.29) is 5.97 Å². The van der Waals surface area contributed by atoms with Crippen molar-refractivity contribution in [2.24, 2.45) is 11.3 Å². The molecular weight excluding hydrogens is 164 g/mol. The number of rotatable bonds is 3. The maximum absolute atomic E-state index is 11.4. The Morgan fingerprint density at radius 3 is 2.62 bits per heavy atom. The van der Waals surface area contributed by atoms with Gasteiger partial charge in [0.15, 0.2) is 0 Å². The highest BCUT2D eigenvalue weighted by Crippen LogP contribution is 2.56. The summed E-state index contributed by atoms with van der Waals surface area (Å²) in [6.07, 6.45) is 7.18. The Hall–Kier alpha value is -0.530. The maximum atomic E-state index is 11.4. The number of esters is 1. The van der Waals surface area contributed by atoms with Crippen molar-refractivity contribution in [3.05, 3.63) is 0 Å². The Bertz CT molecular complexity index is 202. The van der Waals surface area contributed by atoms with E-state index in [2.05, 4.69) is 0 Å². The van der Waals surface area contributed by atoms with Gasteiger partial charge in [-0.2, -0.15) is 0 Å². The second-order valence-electron chi connectivity index (χ2n) is 4.63. The standard InChI is InChI=1S/C11H18O2/c1-2-13-10(12)8-11-5-3-9(7-11)4-6-11/h9H,2-8H2,1H3. The molecule has 0 saturated heterocycles. The molecule has 2 nitrogen and oxygen atoms in total. The zero-order chi connectivity index (χ0) is 9.31. The van der Waals surface area contributed by atoms with Crippen LogP contribution >= 0.6 is 0 Å². The molecule has 0 amide bonds. The maximum Gasteiger partial charge on any atom is 0.306 e. The minimum Gasteiger partial charge on any atom is -0.466 e. The molecule has 2 fully saturated rings. The summed E-state index contributed by atoms with van der Waals surface area (Å²) in [6.45, 7) is 2.40. The summed E-state index contributed by atoms with van der Waals surface area (Å²) in [5.41, 5.74) is 0.358. The summed E-state index contributed by atoms with van der Waals surface area (Å²) >= 11 is 0. The summed E-state index contributed by atoms with van der Waals surface area (Å²) < 4.78 is 5.01. The van der Waals surface area contributed by atoms with Gasteiger partial charge < -0.3 is 4.74 Å². The van der Waals surface area contributed by atoms with Crippen LogP contribution in [-0.2, 0) is 9.53 Å². The van der Waals surface area contributed by atoms with Crippen LogP contribution in [0.5, 0.6) is 0 Å². The van der Waals surface area contributed by atoms with Gasteiger partial charge in [-0.15, -0.1) is 0 Å². The SMILES string of the molecule is CCOC(=O)CC12CCC(CC1)C2. The van der Waals surface area contributed by atoms with Crippen LogP contribution in [0.25, 0.3) is 0 Å². The van der Waals surface area contributed by atoms with Crippen LogP contribution in [0.15, 0.2) is 0 Å². The molecule has 2 aliphatic rings. The second-order valence-corrected chi connectivity index (χ2v) is 4.63. The van der Waals surface area contributed by atoms with Crippen LogP contribution in [-0.4, -0.2) is 12.6 Å². The molecule has 13 heavy (non-hydrogen) atoms. The molecule has 0 unspecified atom stereocenters. The second kappa shape index (κ2) is 3.32. The Balaban J connectivity index is 1.90. The fourth-order valence-corrected chi connectivity index (χ4v) is 3.08. The normalized spacial score (nSPS) is 36.5. The van der Waals surface area contributed by atoms with E-state index in [0.717, 1.165) is 5.92 Å². The summed E-state index contributed by atoms with van der Waals surface area (Å²) in [7, 11) is 0. The lowest BCUT2D eigenvalue weighted by atomic mass is 9.81. The fraction of sp³-hybridized carbons (Fsp3) is 0.909. The van der Waals surface area contributed by atoms with Gasteiger partial charge in [0.25, 0.3) is 0 Å². The molecule has 2 rings (SSSR count). The Morgan fingerprint density at radius 2 is 2.15 bits per heavy atom. The molecule has 74 valence electrons. The fourth-order valence-electron chi connectivity index (χ4n) is 3.08. The first-order valence-corrected chi connectivity index (χ1v) is 5.40. The van der Waals surface area contributed by atoms with E-state index in [0.29, 0.717) is 18.4 Å². The predicted octanol–water partition coefficient (Wildman–Crippen LogP) is 2.52. The van der Waals surface area contributed by atoms with Gasteiger partial charge >= 0.3 is 5.97 Å². The molecule has 0 aliphatic heterocycles. The molecule has 0 spiro atoms. The first kappa shape index (κ1) is 9.04. The molecular formula is C11H18O2. The Morgan fingerprint density at radius 1 is 1.46 bits per heavy atom. The molecule has 2 saturated carbocycles. The summed E-state index contributed by atoms with van der Waals surface area (Å²) in [5, 5.41) is 0. The first-order valence-electron chi connectivity index (χ1n) is 5.40. The highest BCUT2D eigenvalue weighted by Gasteiger charge is 2.45. The molecule has 0 aromatic heterocycles. The van der Waals surface area contributed by atoms with Crippen molar-refractivity contribution < 1.29 is 9.53 Å². The average Bonchev–Trinajstić information content (AvgIpc) is 2.63. The minimum atomic E-state index is 0.0186. The van der Waals surface area contributed by atoms with Crippen LogP contribution in [0.3, 0.4) is 0 Å². The van der Waals surface area contributed by atoms with Gasteiger partial charge in [0.05, 0.1) is 13.0 Å². The smallest absolute Gasteiger partial charge is 0.306 e. The lowest BCUT2D eigenvalue weighted by molar-refractivity contribution is -0.145. The molecule has 2 bridgehead atoms. The lowest BCUT2D eigenvalue weighted by Crippen LogP contribution is -2.20. The van der Waals surface area contributed by atoms with Gasteiger partial charge in [-0.05, 0) is 50.4 Å². The molecule has 2 heteroatoms. The molecule has 0 aromatic carbocycles. The van der Waals surface area contributed by atoms with E-state index in [1.165, 1.54) is 32.1 Å². The van der Waals surface area contributed by atoms with Gasteiger partial charge in [0.2, 0.25) is 0 Å². The monoisotopic (exact) mass is 182 g/mol. The number of carbonyl (C=O) groups excluding carboxylic acids is 1. The van der Waals surface area contributed by atoms with Crippen LogP contribution in [0.4, 0.5) is 0 Å². The van der Waals surface area contributed by atoms with Gasteiger partial charge in [0, 0.05) is 0 Å². The van der Waals surface area contributed by atoms with Crippen molar-refractivity contribution in [3.8, 4) is 0 Å². The van der Waals surface area contributed by atoms with E-state index in [1.807, 2.05) is 6.92 Å². The quantitative estimate of drug-likeness (QED) is 0.627. The van der Waals surface area contributed by atoms with E-state index in [4.69, 9.17) is 4.74 Å². The summed E-state index contributed by atoms with van der Waals surface area (Å²) in [5.74, 6) is 0.944. The first-order chi connectivity index (χ1) is 6.24. The zero-order valence-corrected chi connectivity index (χ0v) is 8.34. The minimum absolute atomic E-state index is 0.0186. The van der Waals surface area contributed by atoms with Crippen molar-refractivity contribution in [1.82, 2.24) is 0 Å². The summed E-state index contributed by atoms with van der Waals surface area (Å²) in [4.78, 5) is 11.4. The molecule has 0 N–H and O–H groups in total. The van der Waals surface area contributed by atoms with Crippen LogP contribution in [0.1, 0.15) is 45.4 Å². The molecule has 0 radical (unpaired) electrons. The van der Waals surface area contributed by atoms with Gasteiger partial charge in [0.1, 0.15) is 0 Å². The van der Waals surface area contributed by atoms with E-state index >= 15 is 0 Å². The number of hydrogen-bond acceptors (Lipinski definition) is 2. The third-order valence-corrected chi connectivity index (χ3v) is 3.71.